The van der Waals surface area contributed by atoms with Crippen LogP contribution in [-0.2, 0) is 4.84 Å². The second kappa shape index (κ2) is 11.9. The van der Waals surface area contributed by atoms with E-state index < -0.39 is 10.9 Å². The molecule has 0 atom stereocenters. The molecule has 1 aromatic rings. The summed E-state index contributed by atoms with van der Waals surface area (Å²) in [6.07, 6.45) is 10.2. The molecule has 9 nitrogen and oxygen atoms in total. The first-order valence-electron chi connectivity index (χ1n) is 11.4. The Kier molecular flexibility index (Phi) is 8.95. The van der Waals surface area contributed by atoms with Crippen LogP contribution in [-0.4, -0.2) is 44.4 Å². The first-order valence-corrected chi connectivity index (χ1v) is 11.4. The van der Waals surface area contributed by atoms with Crippen LogP contribution >= 0.6 is 0 Å². The van der Waals surface area contributed by atoms with E-state index in [9.17, 15) is 14.4 Å². The van der Waals surface area contributed by atoms with Crippen molar-refractivity contribution in [1.82, 2.24) is 16.1 Å². The van der Waals surface area contributed by atoms with E-state index in [1.807, 2.05) is 0 Å². The van der Waals surface area contributed by atoms with Crippen molar-refractivity contribution in [2.45, 2.75) is 76.4 Å². The maximum Gasteiger partial charge on any atom is 0.338 e. The molecule has 1 heterocycles. The Hall–Kier alpha value is -2.13. The monoisotopic (exact) mass is 421 g/mol. The van der Waals surface area contributed by atoms with Gasteiger partial charge in [0.1, 0.15) is 11.4 Å². The van der Waals surface area contributed by atoms with Gasteiger partial charge in [0.05, 0.1) is 6.10 Å². The molecular formula is C21H35N5O4. The molecule has 2 amide bonds. The topological polar surface area (TPSA) is 121 Å². The van der Waals surface area contributed by atoms with Gasteiger partial charge in [-0.3, -0.25) is 14.4 Å². The van der Waals surface area contributed by atoms with Crippen molar-refractivity contribution in [3.63, 3.8) is 0 Å². The minimum atomic E-state index is -0.428. The predicted octanol–water partition coefficient (Wildman–Crippen LogP) is 1.59. The summed E-state index contributed by atoms with van der Waals surface area (Å²) < 4.78 is 0. The van der Waals surface area contributed by atoms with E-state index in [0.29, 0.717) is 24.5 Å². The number of hydrogen-bond acceptors (Lipinski definition) is 7. The van der Waals surface area contributed by atoms with Crippen LogP contribution < -0.4 is 37.6 Å². The fourth-order valence-corrected chi connectivity index (χ4v) is 4.07. The Bertz CT molecular complexity index is 734. The lowest BCUT2D eigenvalue weighted by Crippen LogP contribution is -2.42. The number of carbonyl (C=O) groups is 1. The summed E-state index contributed by atoms with van der Waals surface area (Å²) in [5.74, 6) is 0. The summed E-state index contributed by atoms with van der Waals surface area (Å²) in [5, 5.41) is 12.4. The lowest BCUT2D eigenvalue weighted by molar-refractivity contribution is -0.0224. The Morgan fingerprint density at radius 1 is 0.900 bits per heavy atom. The van der Waals surface area contributed by atoms with Crippen LogP contribution in [0, 0.1) is 0 Å². The first kappa shape index (κ1) is 22.6. The van der Waals surface area contributed by atoms with E-state index >= 15 is 0 Å². The highest BCUT2D eigenvalue weighted by Crippen LogP contribution is 2.19. The van der Waals surface area contributed by atoms with Gasteiger partial charge in [-0.2, -0.15) is 0 Å². The van der Waals surface area contributed by atoms with E-state index in [4.69, 9.17) is 4.84 Å². The molecule has 0 aromatic heterocycles. The van der Waals surface area contributed by atoms with Crippen molar-refractivity contribution in [2.75, 3.05) is 36.8 Å². The van der Waals surface area contributed by atoms with Crippen LogP contribution in [0.4, 0.5) is 16.2 Å². The number of unbranched alkanes of at least 4 members (excludes halogenated alkanes) is 2. The average Bonchev–Trinajstić information content (AvgIpc) is 2.79. The van der Waals surface area contributed by atoms with E-state index in [1.165, 1.54) is 6.42 Å². The van der Waals surface area contributed by atoms with E-state index in [2.05, 4.69) is 26.7 Å². The molecule has 0 bridgehead atoms. The molecule has 5 N–H and O–H groups in total. The van der Waals surface area contributed by atoms with Gasteiger partial charge in [-0.05, 0) is 58.0 Å². The van der Waals surface area contributed by atoms with Crippen molar-refractivity contribution < 1.29 is 9.63 Å². The van der Waals surface area contributed by atoms with E-state index in [0.717, 1.165) is 70.9 Å². The Balaban J connectivity index is 1.23. The van der Waals surface area contributed by atoms with E-state index in [-0.39, 0.29) is 18.2 Å². The quantitative estimate of drug-likeness (QED) is 0.209. The molecule has 9 heteroatoms. The first-order chi connectivity index (χ1) is 14.6. The van der Waals surface area contributed by atoms with Gasteiger partial charge in [0, 0.05) is 19.1 Å². The average molecular weight is 422 g/mol. The highest BCUT2D eigenvalue weighted by molar-refractivity contribution is 5.74. The molecular weight excluding hydrogens is 386 g/mol. The summed E-state index contributed by atoms with van der Waals surface area (Å²) in [4.78, 5) is 40.9. The molecule has 3 rings (SSSR count). The summed E-state index contributed by atoms with van der Waals surface area (Å²) >= 11 is 0. The van der Waals surface area contributed by atoms with Gasteiger partial charge < -0.3 is 21.3 Å². The van der Waals surface area contributed by atoms with Crippen LogP contribution in [0.25, 0.3) is 0 Å². The zero-order valence-corrected chi connectivity index (χ0v) is 17.7. The smallest absolute Gasteiger partial charge is 0.338 e. The molecule has 1 saturated heterocycles. The normalized spacial score (nSPS) is 18.3. The van der Waals surface area contributed by atoms with Crippen LogP contribution in [0.5, 0.6) is 0 Å². The zero-order valence-electron chi connectivity index (χ0n) is 17.7. The largest absolute Gasteiger partial charge is 0.380 e. The van der Waals surface area contributed by atoms with Crippen molar-refractivity contribution >= 4 is 17.4 Å². The van der Waals surface area contributed by atoms with Gasteiger partial charge >= 0.3 is 6.03 Å². The second-order valence-corrected chi connectivity index (χ2v) is 8.30. The summed E-state index contributed by atoms with van der Waals surface area (Å²) in [5.41, 5.74) is 2.51. The zero-order chi connectivity index (χ0) is 21.2. The lowest BCUT2D eigenvalue weighted by atomic mass is 9.98. The van der Waals surface area contributed by atoms with Gasteiger partial charge in [0.15, 0.2) is 0 Å². The molecule has 0 spiro atoms. The predicted molar refractivity (Wildman–Crippen MR) is 118 cm³/mol. The van der Waals surface area contributed by atoms with Crippen molar-refractivity contribution in [3.05, 3.63) is 20.4 Å². The fraction of sp³-hybridized carbons (Fsp3) is 0.762. The molecule has 168 valence electrons. The number of carbonyl (C=O) groups excluding carboxylic acids is 1. The van der Waals surface area contributed by atoms with Crippen molar-refractivity contribution in [2.24, 2.45) is 0 Å². The van der Waals surface area contributed by atoms with Crippen molar-refractivity contribution in [3.8, 4) is 0 Å². The number of rotatable bonds is 11. The van der Waals surface area contributed by atoms with Crippen LogP contribution in [0.1, 0.15) is 64.2 Å². The maximum atomic E-state index is 11.9. The lowest BCUT2D eigenvalue weighted by Gasteiger charge is -2.26. The van der Waals surface area contributed by atoms with Gasteiger partial charge in [-0.15, -0.1) is 0 Å². The van der Waals surface area contributed by atoms with Gasteiger partial charge in [-0.1, -0.05) is 19.3 Å². The molecule has 0 radical (unpaired) electrons. The minimum Gasteiger partial charge on any atom is -0.380 e. The molecule has 2 aliphatic rings. The van der Waals surface area contributed by atoms with Gasteiger partial charge in [0.25, 0.3) is 10.9 Å². The molecule has 1 aliphatic heterocycles. The number of nitrogens with one attached hydrogen (secondary N) is 5. The van der Waals surface area contributed by atoms with Gasteiger partial charge in [-0.25, -0.2) is 10.3 Å². The number of hydroxylamine groups is 1. The summed E-state index contributed by atoms with van der Waals surface area (Å²) in [7, 11) is 0. The number of hydrogen-bond donors (Lipinski definition) is 5. The highest BCUT2D eigenvalue weighted by Gasteiger charge is 2.23. The van der Waals surface area contributed by atoms with Crippen LogP contribution in [0.15, 0.2) is 9.59 Å². The molecule has 2 fully saturated rings. The summed E-state index contributed by atoms with van der Waals surface area (Å²) in [6, 6.07) is -0.0505. The number of piperidine rings is 1. The standard InChI is InChI=1S/C21H35N5O4/c27-19-17(18(20(19)28)25-15-9-13-22-14-10-15)23-11-5-2-6-12-24-21(29)26-30-16-7-3-1-4-8-16/h15-16,22-23,25H,1-14H2,(H2,24,26,29). The SMILES string of the molecule is O=C(NCCCCCNc1c(NC2CCNCC2)c(=O)c1=O)NOC1CCCCC1. The molecule has 30 heavy (non-hydrogen) atoms. The maximum absolute atomic E-state index is 11.9. The molecule has 1 aliphatic carbocycles. The third-order valence-corrected chi connectivity index (χ3v) is 5.91. The Labute approximate surface area is 177 Å². The summed E-state index contributed by atoms with van der Waals surface area (Å²) in [6.45, 7) is 3.05. The Morgan fingerprint density at radius 3 is 2.37 bits per heavy atom. The molecule has 1 saturated carbocycles. The second-order valence-electron chi connectivity index (χ2n) is 8.30. The highest BCUT2D eigenvalue weighted by atomic mass is 16.7. The van der Waals surface area contributed by atoms with Crippen LogP contribution in [0.2, 0.25) is 0 Å². The van der Waals surface area contributed by atoms with Crippen molar-refractivity contribution in [1.29, 1.82) is 0 Å². The molecule has 0 unspecified atom stereocenters. The molecule has 1 aromatic carbocycles. The number of urea groups is 1. The fourth-order valence-electron chi connectivity index (χ4n) is 4.07. The third kappa shape index (κ3) is 6.70. The van der Waals surface area contributed by atoms with Gasteiger partial charge in [0.2, 0.25) is 0 Å². The Morgan fingerprint density at radius 2 is 1.60 bits per heavy atom. The number of anilines is 2. The third-order valence-electron chi connectivity index (χ3n) is 5.91. The number of amides is 2. The van der Waals surface area contributed by atoms with Crippen LogP contribution in [0.3, 0.4) is 0 Å². The van der Waals surface area contributed by atoms with E-state index in [1.54, 1.807) is 0 Å². The minimum absolute atomic E-state index is 0.139.